The molecule has 0 spiro atoms. The maximum absolute atomic E-state index is 4.49. The van der Waals surface area contributed by atoms with Crippen molar-refractivity contribution < 1.29 is 0 Å². The normalized spacial score (nSPS) is 49.8. The standard InChI is InChI=1S/C14H19BrN2S/c1-12-3-9-4-13(2,6-12)8-14(5-9,7-12)10-16-17-11(15)18-10/h9H,3-8H2,1-2H3. The summed E-state index contributed by atoms with van der Waals surface area (Å²) in [7, 11) is 0. The summed E-state index contributed by atoms with van der Waals surface area (Å²) >= 11 is 5.25. The van der Waals surface area contributed by atoms with Crippen LogP contribution in [0, 0.1) is 16.7 Å². The second kappa shape index (κ2) is 3.38. The molecule has 4 aliphatic rings. The summed E-state index contributed by atoms with van der Waals surface area (Å²) in [6.45, 7) is 5.03. The molecule has 4 saturated carbocycles. The summed E-state index contributed by atoms with van der Waals surface area (Å²) in [6.07, 6.45) is 8.37. The van der Waals surface area contributed by atoms with E-state index in [1.165, 1.54) is 43.5 Å². The van der Waals surface area contributed by atoms with Gasteiger partial charge in [-0.15, -0.1) is 10.2 Å². The molecule has 4 aliphatic carbocycles. The van der Waals surface area contributed by atoms with Gasteiger partial charge in [0, 0.05) is 5.41 Å². The lowest BCUT2D eigenvalue weighted by molar-refractivity contribution is -0.110. The van der Waals surface area contributed by atoms with E-state index in [0.717, 1.165) is 9.83 Å². The molecular weight excluding hydrogens is 308 g/mol. The number of hydrogen-bond acceptors (Lipinski definition) is 3. The van der Waals surface area contributed by atoms with Crippen LogP contribution < -0.4 is 0 Å². The lowest BCUT2D eigenvalue weighted by atomic mass is 9.40. The van der Waals surface area contributed by atoms with Crippen molar-refractivity contribution in [2.45, 2.75) is 57.8 Å². The van der Waals surface area contributed by atoms with Crippen LogP contribution in [-0.4, -0.2) is 10.2 Å². The molecule has 1 aromatic heterocycles. The summed E-state index contributed by atoms with van der Waals surface area (Å²) in [5.74, 6) is 0.930. The van der Waals surface area contributed by atoms with Crippen LogP contribution in [0.4, 0.5) is 0 Å². The minimum absolute atomic E-state index is 0.354. The van der Waals surface area contributed by atoms with Gasteiger partial charge in [-0.25, -0.2) is 0 Å². The Morgan fingerprint density at radius 2 is 1.72 bits per heavy atom. The average molecular weight is 327 g/mol. The van der Waals surface area contributed by atoms with Gasteiger partial charge in [0.25, 0.3) is 0 Å². The van der Waals surface area contributed by atoms with E-state index in [1.807, 2.05) is 0 Å². The monoisotopic (exact) mass is 326 g/mol. The van der Waals surface area contributed by atoms with E-state index in [-0.39, 0.29) is 0 Å². The van der Waals surface area contributed by atoms with Crippen molar-refractivity contribution in [2.75, 3.05) is 0 Å². The Kier molecular flexibility index (Phi) is 2.22. The lowest BCUT2D eigenvalue weighted by Gasteiger charge is -2.64. The summed E-state index contributed by atoms with van der Waals surface area (Å²) < 4.78 is 0.948. The summed E-state index contributed by atoms with van der Waals surface area (Å²) in [4.78, 5) is 0. The van der Waals surface area contributed by atoms with Gasteiger partial charge >= 0.3 is 0 Å². The van der Waals surface area contributed by atoms with Gasteiger partial charge in [0.1, 0.15) is 5.01 Å². The molecule has 5 rings (SSSR count). The Balaban J connectivity index is 1.82. The van der Waals surface area contributed by atoms with Gasteiger partial charge in [0.2, 0.25) is 0 Å². The van der Waals surface area contributed by atoms with Crippen LogP contribution in [0.25, 0.3) is 0 Å². The first-order valence-corrected chi connectivity index (χ1v) is 8.51. The van der Waals surface area contributed by atoms with Crippen LogP contribution in [0.5, 0.6) is 0 Å². The summed E-state index contributed by atoms with van der Waals surface area (Å²) in [6, 6.07) is 0. The molecular formula is C14H19BrN2S. The number of halogens is 1. The van der Waals surface area contributed by atoms with Crippen LogP contribution in [0.1, 0.15) is 57.4 Å². The minimum atomic E-state index is 0.354. The van der Waals surface area contributed by atoms with Crippen molar-refractivity contribution >= 4 is 27.3 Å². The van der Waals surface area contributed by atoms with Gasteiger partial charge in [0.05, 0.1) is 0 Å². The Morgan fingerprint density at radius 3 is 2.22 bits per heavy atom. The molecule has 98 valence electrons. The number of nitrogens with zero attached hydrogens (tertiary/aromatic N) is 2. The zero-order chi connectivity index (χ0) is 12.6. The number of aromatic nitrogens is 2. The van der Waals surface area contributed by atoms with Crippen LogP contribution >= 0.6 is 27.3 Å². The maximum atomic E-state index is 4.49. The summed E-state index contributed by atoms with van der Waals surface area (Å²) in [5.41, 5.74) is 1.48. The number of rotatable bonds is 1. The largest absolute Gasteiger partial charge is 0.183 e. The van der Waals surface area contributed by atoms with E-state index in [4.69, 9.17) is 0 Å². The highest BCUT2D eigenvalue weighted by Crippen LogP contribution is 2.70. The summed E-state index contributed by atoms with van der Waals surface area (Å²) in [5, 5.41) is 10.00. The average Bonchev–Trinajstić information content (AvgIpc) is 2.59. The van der Waals surface area contributed by atoms with E-state index in [1.54, 1.807) is 11.3 Å². The predicted octanol–water partition coefficient (Wildman–Crippen LogP) is 4.55. The Labute approximate surface area is 121 Å². The van der Waals surface area contributed by atoms with Crippen molar-refractivity contribution in [3.05, 3.63) is 8.92 Å². The third-order valence-corrected chi connectivity index (χ3v) is 7.08. The molecule has 0 aliphatic heterocycles. The van der Waals surface area contributed by atoms with Crippen molar-refractivity contribution in [2.24, 2.45) is 16.7 Å². The Morgan fingerprint density at radius 1 is 1.06 bits per heavy atom. The highest BCUT2D eigenvalue weighted by Gasteiger charge is 2.61. The van der Waals surface area contributed by atoms with Crippen LogP contribution in [0.15, 0.2) is 3.92 Å². The molecule has 1 heterocycles. The molecule has 1 aromatic rings. The first kappa shape index (κ1) is 11.8. The smallest absolute Gasteiger partial charge is 0.142 e. The molecule has 0 saturated heterocycles. The highest BCUT2D eigenvalue weighted by molar-refractivity contribution is 9.11. The fraction of sp³-hybridized carbons (Fsp3) is 0.857. The van der Waals surface area contributed by atoms with Gasteiger partial charge < -0.3 is 0 Å². The number of hydrogen-bond donors (Lipinski definition) is 0. The molecule has 0 N–H and O–H groups in total. The van der Waals surface area contributed by atoms with Gasteiger partial charge in [-0.2, -0.15) is 0 Å². The molecule has 0 amide bonds. The van der Waals surface area contributed by atoms with Crippen molar-refractivity contribution in [1.29, 1.82) is 0 Å². The molecule has 4 heteroatoms. The van der Waals surface area contributed by atoms with Gasteiger partial charge in [-0.1, -0.05) is 25.2 Å². The van der Waals surface area contributed by atoms with Crippen LogP contribution in [0.3, 0.4) is 0 Å². The van der Waals surface area contributed by atoms with E-state index >= 15 is 0 Å². The molecule has 4 bridgehead atoms. The third kappa shape index (κ3) is 1.57. The first-order chi connectivity index (χ1) is 8.41. The molecule has 2 atom stereocenters. The molecule has 0 aromatic carbocycles. The molecule has 2 unspecified atom stereocenters. The topological polar surface area (TPSA) is 25.8 Å². The van der Waals surface area contributed by atoms with E-state index in [0.29, 0.717) is 16.2 Å². The van der Waals surface area contributed by atoms with Crippen molar-refractivity contribution in [3.8, 4) is 0 Å². The van der Waals surface area contributed by atoms with Crippen LogP contribution in [0.2, 0.25) is 0 Å². The SMILES string of the molecule is CC12CC3CC(C)(C1)CC(c1nnc(Br)s1)(C3)C2. The molecule has 18 heavy (non-hydrogen) atoms. The Hall–Kier alpha value is 0.0400. The first-order valence-electron chi connectivity index (χ1n) is 6.90. The zero-order valence-electron chi connectivity index (χ0n) is 11.0. The fourth-order valence-corrected chi connectivity index (χ4v) is 7.41. The molecule has 4 fully saturated rings. The lowest BCUT2D eigenvalue weighted by Crippen LogP contribution is -2.56. The molecule has 0 radical (unpaired) electrons. The van der Waals surface area contributed by atoms with E-state index in [2.05, 4.69) is 40.0 Å². The fourth-order valence-electron chi connectivity index (χ4n) is 6.11. The van der Waals surface area contributed by atoms with Gasteiger partial charge in [-0.3, -0.25) is 0 Å². The van der Waals surface area contributed by atoms with Crippen molar-refractivity contribution in [1.82, 2.24) is 10.2 Å². The van der Waals surface area contributed by atoms with E-state index in [9.17, 15) is 0 Å². The highest BCUT2D eigenvalue weighted by atomic mass is 79.9. The quantitative estimate of drug-likeness (QED) is 0.756. The maximum Gasteiger partial charge on any atom is 0.183 e. The van der Waals surface area contributed by atoms with Gasteiger partial charge in [0.15, 0.2) is 3.92 Å². The minimum Gasteiger partial charge on any atom is -0.142 e. The predicted molar refractivity (Wildman–Crippen MR) is 76.7 cm³/mol. The second-order valence-electron chi connectivity index (χ2n) is 7.77. The van der Waals surface area contributed by atoms with Gasteiger partial charge in [-0.05, 0) is 71.2 Å². The van der Waals surface area contributed by atoms with E-state index < -0.39 is 0 Å². The van der Waals surface area contributed by atoms with Crippen LogP contribution in [-0.2, 0) is 5.41 Å². The Bertz CT molecular complexity index is 494. The molecule has 2 nitrogen and oxygen atoms in total. The third-order valence-electron chi connectivity index (χ3n) is 5.48. The van der Waals surface area contributed by atoms with Crippen molar-refractivity contribution in [3.63, 3.8) is 0 Å². The zero-order valence-corrected chi connectivity index (χ0v) is 13.4. The second-order valence-corrected chi connectivity index (χ2v) is 10.0.